The van der Waals surface area contributed by atoms with Crippen molar-refractivity contribution in [1.29, 1.82) is 5.26 Å². The van der Waals surface area contributed by atoms with Crippen molar-refractivity contribution in [2.24, 2.45) is 0 Å². The van der Waals surface area contributed by atoms with Crippen LogP contribution >= 0.6 is 11.8 Å². The number of carbonyl (C=O) groups is 4. The van der Waals surface area contributed by atoms with E-state index in [0.29, 0.717) is 88.3 Å². The summed E-state index contributed by atoms with van der Waals surface area (Å²) in [5.74, 6) is 0.983. The number of methoxy groups -OCH3 is 2. The topological polar surface area (TPSA) is 193 Å². The molecule has 0 aromatic heterocycles. The Kier molecular flexibility index (Phi) is 24.7. The van der Waals surface area contributed by atoms with Gasteiger partial charge in [-0.2, -0.15) is 5.26 Å². The van der Waals surface area contributed by atoms with Crippen molar-refractivity contribution in [3.63, 3.8) is 0 Å². The van der Waals surface area contributed by atoms with Crippen LogP contribution in [0.5, 0.6) is 40.2 Å². The molecule has 2 N–H and O–H groups in total. The highest BCUT2D eigenvalue weighted by atomic mass is 32.2. The number of nitrogens with zero attached hydrogens (tertiary/aromatic N) is 2. The lowest BCUT2D eigenvalue weighted by atomic mass is 9.72. The number of hydrogen-bond donors (Lipinski definition) is 2. The molecule has 0 amide bonds. The monoisotopic (exact) mass is 1230 g/mol. The van der Waals surface area contributed by atoms with Crippen LogP contribution in [0.25, 0.3) is 0 Å². The molecule has 1 spiro atoms. The largest absolute Gasteiger partial charge is 0.493 e. The first-order chi connectivity index (χ1) is 42.9. The van der Waals surface area contributed by atoms with Gasteiger partial charge in [-0.15, -0.1) is 11.8 Å². The van der Waals surface area contributed by atoms with Crippen LogP contribution in [0.1, 0.15) is 262 Å². The standard InChI is InChI=1S/C71H100N4O12S/c1-8-10-12-14-16-18-20-22-24-26-28-30-32-34-57(77)86-56-40-49-36-37-73-71(51(49)41-55(56)80-6)44-88-69-61-60(67-66(83-45-84-67)47(4)65(61)85-48(5)76)54(43-82-70(71)79)75-53(42-72)52-39-50-38-46(3)64(81-7)68(59(50)62(74-52)63(69)75)87-58(78)35-33-31-29-27-25-23-21-19-17-15-13-11-9-2/h38,40-41,52-54,62-63,69,73-74H,8-37,39,43-45H2,1-7H3/t52-,53+,54-,62+,63?,69-,71-/m1/s1. The average Bonchev–Trinajstić information content (AvgIpc) is 0.949. The van der Waals surface area contributed by atoms with Crippen LogP contribution < -0.4 is 43.8 Å². The van der Waals surface area contributed by atoms with Gasteiger partial charge in [0.05, 0.1) is 37.6 Å². The van der Waals surface area contributed by atoms with E-state index in [4.69, 9.17) is 37.9 Å². The smallest absolute Gasteiger partial charge is 0.331 e. The molecular formula is C71H100N4O12S. The van der Waals surface area contributed by atoms with Crippen molar-refractivity contribution >= 4 is 35.6 Å². The quantitative estimate of drug-likeness (QED) is 0.0332. The van der Waals surface area contributed by atoms with Gasteiger partial charge in [-0.1, -0.05) is 174 Å². The second kappa shape index (κ2) is 32.5. The summed E-state index contributed by atoms with van der Waals surface area (Å²) in [7, 11) is 3.12. The van der Waals surface area contributed by atoms with Gasteiger partial charge in [0.15, 0.2) is 40.0 Å². The summed E-state index contributed by atoms with van der Waals surface area (Å²) in [6.45, 7) is 9.79. The molecule has 3 aromatic carbocycles. The molecule has 0 aliphatic carbocycles. The third-order valence-corrected chi connectivity index (χ3v) is 20.8. The van der Waals surface area contributed by atoms with Crippen molar-refractivity contribution in [3.05, 3.63) is 62.7 Å². The van der Waals surface area contributed by atoms with Gasteiger partial charge in [0.1, 0.15) is 18.4 Å². The molecule has 7 aliphatic rings. The normalized spacial score (nSPS) is 22.2. The Balaban J connectivity index is 0.990. The number of hydrogen-bond acceptors (Lipinski definition) is 17. The van der Waals surface area contributed by atoms with Crippen LogP contribution in [-0.4, -0.2) is 86.8 Å². The van der Waals surface area contributed by atoms with E-state index in [1.807, 2.05) is 19.9 Å². The van der Waals surface area contributed by atoms with Gasteiger partial charge >= 0.3 is 23.9 Å². The van der Waals surface area contributed by atoms with Crippen LogP contribution in [0.15, 0.2) is 18.2 Å². The fraction of sp³-hybridized carbons (Fsp3) is 0.676. The molecule has 0 saturated carbocycles. The number of rotatable bonds is 33. The minimum absolute atomic E-state index is 0.0860. The minimum Gasteiger partial charge on any atom is -0.493 e. The van der Waals surface area contributed by atoms with E-state index >= 15 is 4.79 Å². The molecule has 88 heavy (non-hydrogen) atoms. The van der Waals surface area contributed by atoms with Crippen LogP contribution in [0, 0.1) is 25.2 Å². The number of unbranched alkanes of at least 4 members (excludes halogenated alkanes) is 24. The molecule has 10 rings (SSSR count). The molecule has 482 valence electrons. The number of benzene rings is 3. The predicted molar refractivity (Wildman–Crippen MR) is 342 cm³/mol. The average molecular weight is 1230 g/mol. The number of esters is 4. The van der Waals surface area contributed by atoms with E-state index in [1.165, 1.54) is 148 Å². The SMILES string of the molecule is CCCCCCCCCCCCCCCC(=O)Oc1cc2c(cc1OC)[C@@]1(CS[C@@H]3c4c(OC(C)=O)c(C)c5c(c4[C@@H](COC1=O)N1C3[C@H]3N[C@H](Cc4cc(C)c(OC)c(OC(=O)CCCCCCCCCCCCCCC)c43)[C@@H]1C#N)OCO5)NCC2. The number of thioether (sulfide) groups is 1. The molecule has 3 aromatic rings. The van der Waals surface area contributed by atoms with Gasteiger partial charge in [-0.05, 0) is 73.9 Å². The maximum Gasteiger partial charge on any atom is 0.331 e. The summed E-state index contributed by atoms with van der Waals surface area (Å²) in [4.78, 5) is 58.8. The number of carbonyl (C=O) groups excluding carboxylic acids is 4. The molecule has 17 heteroatoms. The fourth-order valence-electron chi connectivity index (χ4n) is 14.8. The molecule has 2 saturated heterocycles. The molecule has 16 nitrogen and oxygen atoms in total. The lowest BCUT2D eigenvalue weighted by Gasteiger charge is -2.59. The van der Waals surface area contributed by atoms with Crippen molar-refractivity contribution in [1.82, 2.24) is 15.5 Å². The molecular weight excluding hydrogens is 1130 g/mol. The minimum atomic E-state index is -1.45. The van der Waals surface area contributed by atoms with Crippen LogP contribution in [0.4, 0.5) is 0 Å². The van der Waals surface area contributed by atoms with Gasteiger partial charge in [-0.3, -0.25) is 24.6 Å². The van der Waals surface area contributed by atoms with Gasteiger partial charge in [0, 0.05) is 66.4 Å². The Labute approximate surface area is 528 Å². The summed E-state index contributed by atoms with van der Waals surface area (Å²) in [6.07, 6.45) is 32.8. The van der Waals surface area contributed by atoms with Crippen molar-refractivity contribution in [2.75, 3.05) is 39.9 Å². The van der Waals surface area contributed by atoms with E-state index in [2.05, 4.69) is 41.5 Å². The molecule has 2 fully saturated rings. The molecule has 4 bridgehead atoms. The van der Waals surface area contributed by atoms with Crippen LogP contribution in [0.2, 0.25) is 0 Å². The highest BCUT2D eigenvalue weighted by Gasteiger charge is 2.60. The summed E-state index contributed by atoms with van der Waals surface area (Å²) < 4.78 is 50.4. The second-order valence-corrected chi connectivity index (χ2v) is 26.7. The Morgan fingerprint density at radius 2 is 1.25 bits per heavy atom. The summed E-state index contributed by atoms with van der Waals surface area (Å²) in [5.41, 5.74) is 4.38. The number of fused-ring (bicyclic) bond motifs is 9. The van der Waals surface area contributed by atoms with Crippen molar-refractivity contribution in [2.45, 2.75) is 268 Å². The lowest BCUT2D eigenvalue weighted by molar-refractivity contribution is -0.155. The summed E-state index contributed by atoms with van der Waals surface area (Å²) in [5, 5.41) is 18.4. The first-order valence-corrected chi connectivity index (χ1v) is 34.9. The first-order valence-electron chi connectivity index (χ1n) is 33.8. The van der Waals surface area contributed by atoms with Crippen LogP contribution in [-0.2, 0) is 42.3 Å². The molecule has 1 unspecified atom stereocenters. The van der Waals surface area contributed by atoms with E-state index in [-0.39, 0.29) is 43.9 Å². The van der Waals surface area contributed by atoms with Crippen molar-refractivity contribution in [3.8, 4) is 46.3 Å². The Hall–Kier alpha value is -5.54. The molecule has 7 heterocycles. The lowest BCUT2D eigenvalue weighted by Crippen LogP contribution is -2.69. The predicted octanol–water partition coefficient (Wildman–Crippen LogP) is 15.0. The first kappa shape index (κ1) is 66.9. The number of nitriles is 1. The van der Waals surface area contributed by atoms with E-state index < -0.39 is 52.9 Å². The highest BCUT2D eigenvalue weighted by molar-refractivity contribution is 7.99. The Bertz CT molecular complexity index is 2940. The number of aryl methyl sites for hydroxylation is 1. The van der Waals surface area contributed by atoms with E-state index in [1.54, 1.807) is 13.2 Å². The maximum atomic E-state index is 15.4. The summed E-state index contributed by atoms with van der Waals surface area (Å²) >= 11 is 1.49. The van der Waals surface area contributed by atoms with Crippen LogP contribution in [0.3, 0.4) is 0 Å². The number of nitrogens with one attached hydrogen (secondary N) is 2. The molecule has 0 radical (unpaired) electrons. The third-order valence-electron chi connectivity index (χ3n) is 19.3. The van der Waals surface area contributed by atoms with Gasteiger partial charge < -0.3 is 43.2 Å². The third kappa shape index (κ3) is 15.3. The Morgan fingerprint density at radius 3 is 1.82 bits per heavy atom. The number of ether oxygens (including phenoxy) is 8. The van der Waals surface area contributed by atoms with Gasteiger partial charge in [0.25, 0.3) is 0 Å². The fourth-order valence-corrected chi connectivity index (χ4v) is 16.5. The summed E-state index contributed by atoms with van der Waals surface area (Å²) in [6, 6.07) is 5.23. The zero-order chi connectivity index (χ0) is 62.2. The maximum absolute atomic E-state index is 15.4. The van der Waals surface area contributed by atoms with Gasteiger partial charge in [0.2, 0.25) is 6.79 Å². The molecule has 7 atom stereocenters. The number of piperazine rings is 1. The van der Waals surface area contributed by atoms with Gasteiger partial charge in [-0.25, -0.2) is 4.79 Å². The second-order valence-electron chi connectivity index (χ2n) is 25.6. The molecule has 7 aliphatic heterocycles. The Morgan fingerprint density at radius 1 is 0.670 bits per heavy atom. The van der Waals surface area contributed by atoms with E-state index in [9.17, 15) is 19.6 Å². The van der Waals surface area contributed by atoms with E-state index in [0.717, 1.165) is 60.8 Å². The zero-order valence-corrected chi connectivity index (χ0v) is 54.8. The zero-order valence-electron chi connectivity index (χ0n) is 53.9. The highest BCUT2D eigenvalue weighted by Crippen LogP contribution is 2.64. The van der Waals surface area contributed by atoms with Crippen molar-refractivity contribution < 1.29 is 57.1 Å².